The molecule has 1 saturated heterocycles. The molecule has 2 aliphatic heterocycles. The molecule has 2 amide bonds. The summed E-state index contributed by atoms with van der Waals surface area (Å²) in [5, 5.41) is 2.83. The molecule has 1 atom stereocenters. The van der Waals surface area contributed by atoms with Crippen LogP contribution in [-0.2, 0) is 16.0 Å². The first-order valence-electron chi connectivity index (χ1n) is 6.12. The Kier molecular flexibility index (Phi) is 2.56. The standard InChI is InChI=1S/C13H15N3O2/c14-9-6-13(18)16(7-9)10-2-3-11-8(5-10)1-4-12(17)15-11/h2-3,5,9H,1,4,6-7,14H2,(H,15,17). The van der Waals surface area contributed by atoms with Crippen LogP contribution in [0.25, 0.3) is 0 Å². The number of carbonyl (C=O) groups excluding carboxylic acids is 2. The molecule has 94 valence electrons. The van der Waals surface area contributed by atoms with Crippen LogP contribution >= 0.6 is 0 Å². The first-order valence-corrected chi connectivity index (χ1v) is 6.12. The molecular weight excluding hydrogens is 230 g/mol. The highest BCUT2D eigenvalue weighted by Crippen LogP contribution is 2.29. The smallest absolute Gasteiger partial charge is 0.228 e. The van der Waals surface area contributed by atoms with E-state index in [2.05, 4.69) is 5.32 Å². The molecule has 18 heavy (non-hydrogen) atoms. The minimum absolute atomic E-state index is 0.0505. The molecule has 2 heterocycles. The molecule has 1 aromatic rings. The van der Waals surface area contributed by atoms with Gasteiger partial charge in [0, 0.05) is 36.8 Å². The number of benzene rings is 1. The minimum Gasteiger partial charge on any atom is -0.326 e. The molecule has 5 heteroatoms. The Morgan fingerprint density at radius 3 is 2.83 bits per heavy atom. The van der Waals surface area contributed by atoms with E-state index in [0.29, 0.717) is 19.4 Å². The summed E-state index contributed by atoms with van der Waals surface area (Å²) in [6.45, 7) is 0.573. The molecule has 5 nitrogen and oxygen atoms in total. The van der Waals surface area contributed by atoms with Crippen molar-refractivity contribution in [2.45, 2.75) is 25.3 Å². The van der Waals surface area contributed by atoms with Gasteiger partial charge in [-0.15, -0.1) is 0 Å². The lowest BCUT2D eigenvalue weighted by Crippen LogP contribution is -2.28. The zero-order valence-corrected chi connectivity index (χ0v) is 9.98. The summed E-state index contributed by atoms with van der Waals surface area (Å²) in [5.74, 6) is 0.122. The second-order valence-corrected chi connectivity index (χ2v) is 4.86. The summed E-state index contributed by atoms with van der Waals surface area (Å²) in [7, 11) is 0. The number of hydrogen-bond acceptors (Lipinski definition) is 3. The highest BCUT2D eigenvalue weighted by molar-refractivity contribution is 5.98. The first-order chi connectivity index (χ1) is 8.63. The fourth-order valence-corrected chi connectivity index (χ4v) is 2.52. The van der Waals surface area contributed by atoms with E-state index in [-0.39, 0.29) is 17.9 Å². The Bertz CT molecular complexity index is 527. The van der Waals surface area contributed by atoms with Gasteiger partial charge in [0.2, 0.25) is 11.8 Å². The van der Waals surface area contributed by atoms with E-state index in [1.807, 2.05) is 18.2 Å². The van der Waals surface area contributed by atoms with Crippen LogP contribution in [0.4, 0.5) is 11.4 Å². The average molecular weight is 245 g/mol. The van der Waals surface area contributed by atoms with Crippen molar-refractivity contribution in [3.05, 3.63) is 23.8 Å². The number of carbonyl (C=O) groups is 2. The third-order valence-corrected chi connectivity index (χ3v) is 3.45. The highest BCUT2D eigenvalue weighted by atomic mass is 16.2. The number of nitrogens with one attached hydrogen (secondary N) is 1. The van der Waals surface area contributed by atoms with Crippen LogP contribution in [0.3, 0.4) is 0 Å². The molecule has 3 N–H and O–H groups in total. The van der Waals surface area contributed by atoms with Crippen LogP contribution in [0.1, 0.15) is 18.4 Å². The van der Waals surface area contributed by atoms with Gasteiger partial charge in [-0.05, 0) is 30.2 Å². The van der Waals surface area contributed by atoms with Gasteiger partial charge in [0.1, 0.15) is 0 Å². The SMILES string of the molecule is NC1CC(=O)N(c2ccc3c(c2)CCC(=O)N3)C1. The monoisotopic (exact) mass is 245 g/mol. The van der Waals surface area contributed by atoms with E-state index in [4.69, 9.17) is 5.73 Å². The molecule has 0 radical (unpaired) electrons. The summed E-state index contributed by atoms with van der Waals surface area (Å²) in [5.41, 5.74) is 8.60. The van der Waals surface area contributed by atoms with E-state index >= 15 is 0 Å². The molecule has 1 aromatic carbocycles. The van der Waals surface area contributed by atoms with E-state index < -0.39 is 0 Å². The molecule has 0 saturated carbocycles. The number of amides is 2. The maximum absolute atomic E-state index is 11.8. The van der Waals surface area contributed by atoms with Crippen molar-refractivity contribution in [1.29, 1.82) is 0 Å². The molecule has 0 bridgehead atoms. The third-order valence-electron chi connectivity index (χ3n) is 3.45. The van der Waals surface area contributed by atoms with Crippen molar-refractivity contribution in [3.8, 4) is 0 Å². The van der Waals surface area contributed by atoms with E-state index in [0.717, 1.165) is 23.4 Å². The number of fused-ring (bicyclic) bond motifs is 1. The lowest BCUT2D eigenvalue weighted by Gasteiger charge is -2.21. The molecule has 3 rings (SSSR count). The van der Waals surface area contributed by atoms with Gasteiger partial charge in [0.25, 0.3) is 0 Å². The number of rotatable bonds is 1. The quantitative estimate of drug-likeness (QED) is 0.762. The van der Waals surface area contributed by atoms with Crippen molar-refractivity contribution in [1.82, 2.24) is 0 Å². The summed E-state index contributed by atoms with van der Waals surface area (Å²) in [6.07, 6.45) is 1.64. The fourth-order valence-electron chi connectivity index (χ4n) is 2.52. The van der Waals surface area contributed by atoms with Gasteiger partial charge in [-0.2, -0.15) is 0 Å². The van der Waals surface area contributed by atoms with Gasteiger partial charge in [-0.1, -0.05) is 0 Å². The summed E-state index contributed by atoms with van der Waals surface area (Å²) >= 11 is 0. The van der Waals surface area contributed by atoms with Crippen LogP contribution in [0.5, 0.6) is 0 Å². The first kappa shape index (κ1) is 11.2. The third kappa shape index (κ3) is 1.86. The lowest BCUT2D eigenvalue weighted by atomic mass is 10.0. The van der Waals surface area contributed by atoms with Gasteiger partial charge in [-0.3, -0.25) is 9.59 Å². The lowest BCUT2D eigenvalue weighted by molar-refractivity contribution is -0.117. The Morgan fingerprint density at radius 1 is 1.28 bits per heavy atom. The molecular formula is C13H15N3O2. The van der Waals surface area contributed by atoms with Crippen molar-refractivity contribution in [3.63, 3.8) is 0 Å². The van der Waals surface area contributed by atoms with Gasteiger partial charge in [0.05, 0.1) is 0 Å². The molecule has 0 spiro atoms. The predicted octanol–water partition coefficient (Wildman–Crippen LogP) is 0.635. The summed E-state index contributed by atoms with van der Waals surface area (Å²) in [6, 6.07) is 5.62. The number of nitrogens with two attached hydrogens (primary N) is 1. The van der Waals surface area contributed by atoms with Gasteiger partial charge >= 0.3 is 0 Å². The van der Waals surface area contributed by atoms with Crippen LogP contribution in [0.15, 0.2) is 18.2 Å². The van der Waals surface area contributed by atoms with E-state index in [1.54, 1.807) is 4.90 Å². The minimum atomic E-state index is -0.0757. The van der Waals surface area contributed by atoms with Crippen molar-refractivity contribution < 1.29 is 9.59 Å². The van der Waals surface area contributed by atoms with E-state index in [9.17, 15) is 9.59 Å². The Balaban J connectivity index is 1.91. The average Bonchev–Trinajstić information content (AvgIpc) is 2.68. The van der Waals surface area contributed by atoms with Crippen molar-refractivity contribution >= 4 is 23.2 Å². The van der Waals surface area contributed by atoms with Crippen molar-refractivity contribution in [2.24, 2.45) is 5.73 Å². The maximum atomic E-state index is 11.8. The van der Waals surface area contributed by atoms with E-state index in [1.165, 1.54) is 0 Å². The fraction of sp³-hybridized carbons (Fsp3) is 0.385. The maximum Gasteiger partial charge on any atom is 0.228 e. The highest BCUT2D eigenvalue weighted by Gasteiger charge is 2.28. The second kappa shape index (κ2) is 4.10. The number of anilines is 2. The normalized spacial score (nSPS) is 22.9. The van der Waals surface area contributed by atoms with Gasteiger partial charge < -0.3 is 16.0 Å². The van der Waals surface area contributed by atoms with Crippen molar-refractivity contribution in [2.75, 3.05) is 16.8 Å². The Labute approximate surface area is 105 Å². The van der Waals surface area contributed by atoms with Crippen LogP contribution in [0, 0.1) is 0 Å². The molecule has 1 unspecified atom stereocenters. The Hall–Kier alpha value is -1.88. The van der Waals surface area contributed by atoms with Crippen LogP contribution in [-0.4, -0.2) is 24.4 Å². The zero-order valence-electron chi connectivity index (χ0n) is 9.98. The largest absolute Gasteiger partial charge is 0.326 e. The number of hydrogen-bond donors (Lipinski definition) is 2. The van der Waals surface area contributed by atoms with Crippen LogP contribution in [0.2, 0.25) is 0 Å². The van der Waals surface area contributed by atoms with Gasteiger partial charge in [0.15, 0.2) is 0 Å². The molecule has 0 aliphatic carbocycles. The topological polar surface area (TPSA) is 75.4 Å². The zero-order chi connectivity index (χ0) is 12.7. The van der Waals surface area contributed by atoms with Crippen LogP contribution < -0.4 is 16.0 Å². The molecule has 2 aliphatic rings. The molecule has 1 fully saturated rings. The number of nitrogens with zero attached hydrogens (tertiary/aromatic N) is 1. The second-order valence-electron chi connectivity index (χ2n) is 4.86. The summed E-state index contributed by atoms with van der Waals surface area (Å²) < 4.78 is 0. The molecule has 0 aromatic heterocycles. The van der Waals surface area contributed by atoms with Gasteiger partial charge in [-0.25, -0.2) is 0 Å². The summed E-state index contributed by atoms with van der Waals surface area (Å²) in [4.78, 5) is 24.8. The predicted molar refractivity (Wildman–Crippen MR) is 68.3 cm³/mol. The Morgan fingerprint density at radius 2 is 2.11 bits per heavy atom. The number of aryl methyl sites for hydroxylation is 1.